The Bertz CT molecular complexity index is 537. The van der Waals surface area contributed by atoms with E-state index in [0.717, 1.165) is 9.18 Å². The standard InChI is InChI=1S/C17H18O2Te/c1-2-19-13-16(20-15-11-7-4-8-12-15)17(18)14-9-5-3-6-10-14/h3-13,17-18H,2H2,1H3/b16-13-. The van der Waals surface area contributed by atoms with Gasteiger partial charge in [0.2, 0.25) is 0 Å². The van der Waals surface area contributed by atoms with E-state index in [2.05, 4.69) is 12.1 Å². The van der Waals surface area contributed by atoms with Gasteiger partial charge in [-0.2, -0.15) is 0 Å². The van der Waals surface area contributed by atoms with Gasteiger partial charge in [-0.05, 0) is 0 Å². The predicted molar refractivity (Wildman–Crippen MR) is 82.9 cm³/mol. The summed E-state index contributed by atoms with van der Waals surface area (Å²) in [5.41, 5.74) is 0.916. The first kappa shape index (κ1) is 15.1. The maximum atomic E-state index is 10.6. The molecule has 2 aromatic rings. The number of aliphatic hydroxyl groups is 1. The Labute approximate surface area is 130 Å². The Morgan fingerprint density at radius 2 is 1.70 bits per heavy atom. The Hall–Kier alpha value is -1.27. The van der Waals surface area contributed by atoms with E-state index >= 15 is 0 Å². The van der Waals surface area contributed by atoms with Crippen LogP contribution in [0.2, 0.25) is 0 Å². The summed E-state index contributed by atoms with van der Waals surface area (Å²) in [7, 11) is 0. The van der Waals surface area contributed by atoms with E-state index in [4.69, 9.17) is 4.74 Å². The van der Waals surface area contributed by atoms with Crippen LogP contribution in [-0.4, -0.2) is 32.6 Å². The molecule has 1 N–H and O–H groups in total. The van der Waals surface area contributed by atoms with Gasteiger partial charge < -0.3 is 0 Å². The second kappa shape index (κ2) is 8.11. The molecule has 2 nitrogen and oxygen atoms in total. The second-order valence-electron chi connectivity index (χ2n) is 4.20. The van der Waals surface area contributed by atoms with Gasteiger partial charge >= 0.3 is 130 Å². The van der Waals surface area contributed by atoms with Crippen molar-refractivity contribution >= 4 is 24.5 Å². The van der Waals surface area contributed by atoms with E-state index in [1.165, 1.54) is 3.61 Å². The van der Waals surface area contributed by atoms with Gasteiger partial charge in [0.05, 0.1) is 0 Å². The summed E-state index contributed by atoms with van der Waals surface area (Å²) >= 11 is -0.633. The number of benzene rings is 2. The van der Waals surface area contributed by atoms with Crippen molar-refractivity contribution in [3.05, 3.63) is 76.1 Å². The third-order valence-electron chi connectivity index (χ3n) is 2.73. The van der Waals surface area contributed by atoms with Crippen LogP contribution < -0.4 is 3.61 Å². The Kier molecular flexibility index (Phi) is 6.14. The summed E-state index contributed by atoms with van der Waals surface area (Å²) in [5, 5.41) is 10.6. The predicted octanol–water partition coefficient (Wildman–Crippen LogP) is 2.63. The quantitative estimate of drug-likeness (QED) is 0.615. The summed E-state index contributed by atoms with van der Waals surface area (Å²) in [6.07, 6.45) is 1.16. The average Bonchev–Trinajstić information content (AvgIpc) is 2.52. The molecule has 2 rings (SSSR count). The Morgan fingerprint density at radius 3 is 2.30 bits per heavy atom. The zero-order valence-electron chi connectivity index (χ0n) is 11.4. The molecule has 1 atom stereocenters. The van der Waals surface area contributed by atoms with E-state index < -0.39 is 27.0 Å². The van der Waals surface area contributed by atoms with E-state index in [9.17, 15) is 5.11 Å². The van der Waals surface area contributed by atoms with E-state index in [-0.39, 0.29) is 0 Å². The SMILES string of the molecule is CCO/C=C(\[Te]c1ccccc1)C(O)c1ccccc1. The molecule has 0 aliphatic carbocycles. The normalized spacial score (nSPS) is 13.0. The number of ether oxygens (including phenoxy) is 1. The summed E-state index contributed by atoms with van der Waals surface area (Å²) in [6, 6.07) is 20.0. The van der Waals surface area contributed by atoms with Crippen molar-refractivity contribution in [2.75, 3.05) is 6.61 Å². The van der Waals surface area contributed by atoms with Crippen LogP contribution in [0.25, 0.3) is 0 Å². The van der Waals surface area contributed by atoms with Crippen molar-refractivity contribution in [3.8, 4) is 0 Å². The number of hydrogen-bond donors (Lipinski definition) is 1. The summed E-state index contributed by atoms with van der Waals surface area (Å²) in [6.45, 7) is 2.57. The minimum atomic E-state index is -0.633. The monoisotopic (exact) mass is 384 g/mol. The van der Waals surface area contributed by atoms with Crippen LogP contribution >= 0.6 is 0 Å². The van der Waals surface area contributed by atoms with Gasteiger partial charge in [-0.3, -0.25) is 0 Å². The molecular weight excluding hydrogens is 364 g/mol. The van der Waals surface area contributed by atoms with Gasteiger partial charge in [-0.1, -0.05) is 0 Å². The number of hydrogen-bond acceptors (Lipinski definition) is 2. The molecule has 2 aromatic carbocycles. The van der Waals surface area contributed by atoms with Crippen LogP contribution in [0.15, 0.2) is 70.5 Å². The van der Waals surface area contributed by atoms with Crippen LogP contribution in [-0.2, 0) is 4.74 Å². The molecule has 20 heavy (non-hydrogen) atoms. The van der Waals surface area contributed by atoms with Gasteiger partial charge in [-0.25, -0.2) is 0 Å². The fourth-order valence-electron chi connectivity index (χ4n) is 1.73. The van der Waals surface area contributed by atoms with Crippen molar-refractivity contribution in [2.24, 2.45) is 0 Å². The minimum absolute atomic E-state index is 0.578. The van der Waals surface area contributed by atoms with Gasteiger partial charge in [0, 0.05) is 0 Å². The third-order valence-corrected chi connectivity index (χ3v) is 5.76. The number of rotatable bonds is 6. The average molecular weight is 382 g/mol. The van der Waals surface area contributed by atoms with Crippen molar-refractivity contribution in [3.63, 3.8) is 0 Å². The fourth-order valence-corrected chi connectivity index (χ4v) is 4.39. The van der Waals surface area contributed by atoms with Crippen molar-refractivity contribution in [2.45, 2.75) is 13.0 Å². The summed E-state index contributed by atoms with van der Waals surface area (Å²) in [5.74, 6) is 0. The molecule has 0 radical (unpaired) electrons. The molecule has 0 aliphatic heterocycles. The molecule has 0 heterocycles. The molecule has 1 unspecified atom stereocenters. The maximum absolute atomic E-state index is 10.6. The molecule has 0 amide bonds. The molecule has 0 bridgehead atoms. The first-order valence-corrected chi connectivity index (χ1v) is 8.92. The van der Waals surface area contributed by atoms with E-state index in [1.807, 2.05) is 55.5 Å². The molecule has 0 saturated carbocycles. The van der Waals surface area contributed by atoms with Gasteiger partial charge in [0.25, 0.3) is 0 Å². The van der Waals surface area contributed by atoms with Crippen LogP contribution in [0.1, 0.15) is 18.6 Å². The van der Waals surface area contributed by atoms with Crippen LogP contribution in [0.4, 0.5) is 0 Å². The molecule has 0 fully saturated rings. The summed E-state index contributed by atoms with van der Waals surface area (Å²) < 4.78 is 7.71. The molecule has 0 saturated heterocycles. The third kappa shape index (κ3) is 4.38. The van der Waals surface area contributed by atoms with Crippen LogP contribution in [0.5, 0.6) is 0 Å². The molecule has 3 heteroatoms. The van der Waals surface area contributed by atoms with E-state index in [0.29, 0.717) is 6.61 Å². The number of aliphatic hydroxyl groups excluding tert-OH is 1. The van der Waals surface area contributed by atoms with Crippen molar-refractivity contribution in [1.29, 1.82) is 0 Å². The molecule has 0 aliphatic rings. The van der Waals surface area contributed by atoms with E-state index in [1.54, 1.807) is 6.26 Å². The molecule has 0 aromatic heterocycles. The van der Waals surface area contributed by atoms with Crippen LogP contribution in [0.3, 0.4) is 0 Å². The van der Waals surface area contributed by atoms with Gasteiger partial charge in [0.15, 0.2) is 0 Å². The first-order chi connectivity index (χ1) is 9.81. The van der Waals surface area contributed by atoms with Crippen molar-refractivity contribution < 1.29 is 9.84 Å². The Morgan fingerprint density at radius 1 is 1.10 bits per heavy atom. The molecule has 104 valence electrons. The molecular formula is C17H18O2Te. The first-order valence-electron chi connectivity index (χ1n) is 6.59. The van der Waals surface area contributed by atoms with Crippen molar-refractivity contribution in [1.82, 2.24) is 0 Å². The Balaban J connectivity index is 2.20. The van der Waals surface area contributed by atoms with Crippen LogP contribution in [0, 0.1) is 0 Å². The molecule has 0 spiro atoms. The topological polar surface area (TPSA) is 29.5 Å². The van der Waals surface area contributed by atoms with Gasteiger partial charge in [0.1, 0.15) is 0 Å². The second-order valence-corrected chi connectivity index (χ2v) is 7.48. The fraction of sp³-hybridized carbons (Fsp3) is 0.176. The van der Waals surface area contributed by atoms with Gasteiger partial charge in [-0.15, -0.1) is 0 Å². The summed E-state index contributed by atoms with van der Waals surface area (Å²) in [4.78, 5) is 0. The zero-order valence-corrected chi connectivity index (χ0v) is 13.7. The zero-order chi connectivity index (χ0) is 14.2.